The molecule has 0 aliphatic carbocycles. The van der Waals surface area contributed by atoms with Crippen molar-refractivity contribution in [3.05, 3.63) is 46.0 Å². The minimum atomic E-state index is -0.866. The van der Waals surface area contributed by atoms with Crippen molar-refractivity contribution >= 4 is 46.9 Å². The van der Waals surface area contributed by atoms with Gasteiger partial charge < -0.3 is 15.0 Å². The molecule has 1 atom stereocenters. The van der Waals surface area contributed by atoms with Crippen molar-refractivity contribution in [2.75, 3.05) is 19.7 Å². The first-order chi connectivity index (χ1) is 14.3. The SMILES string of the molecule is CCCOC(=O)CC1C(=O)NCCN1C(=S)NC(=O)/C=C/c1ccc([N+](=O)[O-])cc1. The first kappa shape index (κ1) is 22.9. The Morgan fingerprint density at radius 3 is 2.73 bits per heavy atom. The monoisotopic (exact) mass is 434 g/mol. The van der Waals surface area contributed by atoms with Gasteiger partial charge in [-0.15, -0.1) is 0 Å². The Hall–Kier alpha value is -3.34. The molecule has 160 valence electrons. The van der Waals surface area contributed by atoms with Crippen LogP contribution in [0.1, 0.15) is 25.3 Å². The minimum Gasteiger partial charge on any atom is -0.466 e. The quantitative estimate of drug-likeness (QED) is 0.215. The zero-order valence-electron chi connectivity index (χ0n) is 16.3. The molecule has 1 unspecified atom stereocenters. The molecule has 10 nitrogen and oxygen atoms in total. The smallest absolute Gasteiger partial charge is 0.308 e. The van der Waals surface area contributed by atoms with Crippen molar-refractivity contribution in [3.8, 4) is 0 Å². The van der Waals surface area contributed by atoms with Crippen LogP contribution in [0.15, 0.2) is 30.3 Å². The van der Waals surface area contributed by atoms with Crippen LogP contribution >= 0.6 is 12.2 Å². The van der Waals surface area contributed by atoms with Gasteiger partial charge in [-0.25, -0.2) is 0 Å². The van der Waals surface area contributed by atoms with E-state index in [9.17, 15) is 24.5 Å². The number of esters is 1. The van der Waals surface area contributed by atoms with E-state index in [0.29, 0.717) is 25.1 Å². The van der Waals surface area contributed by atoms with Crippen molar-refractivity contribution in [2.24, 2.45) is 0 Å². The molecule has 0 radical (unpaired) electrons. The molecule has 30 heavy (non-hydrogen) atoms. The number of nitro groups is 1. The van der Waals surface area contributed by atoms with Gasteiger partial charge in [0.2, 0.25) is 11.8 Å². The molecule has 2 rings (SSSR count). The van der Waals surface area contributed by atoms with Crippen LogP contribution < -0.4 is 10.6 Å². The number of piperazine rings is 1. The highest BCUT2D eigenvalue weighted by atomic mass is 32.1. The van der Waals surface area contributed by atoms with E-state index in [1.807, 2.05) is 6.92 Å². The van der Waals surface area contributed by atoms with Crippen molar-refractivity contribution in [1.82, 2.24) is 15.5 Å². The van der Waals surface area contributed by atoms with Crippen molar-refractivity contribution in [3.63, 3.8) is 0 Å². The van der Waals surface area contributed by atoms with Gasteiger partial charge in [0.05, 0.1) is 18.0 Å². The largest absolute Gasteiger partial charge is 0.466 e. The molecule has 0 saturated carbocycles. The lowest BCUT2D eigenvalue weighted by Gasteiger charge is -2.36. The number of thiocarbonyl (C=S) groups is 1. The number of nitrogens with one attached hydrogen (secondary N) is 2. The normalized spacial score (nSPS) is 16.1. The number of rotatable bonds is 7. The molecular weight excluding hydrogens is 412 g/mol. The van der Waals surface area contributed by atoms with Gasteiger partial charge in [0, 0.05) is 31.3 Å². The molecule has 1 aliphatic rings. The van der Waals surface area contributed by atoms with E-state index >= 15 is 0 Å². The van der Waals surface area contributed by atoms with Crippen molar-refractivity contribution in [1.29, 1.82) is 0 Å². The summed E-state index contributed by atoms with van der Waals surface area (Å²) in [4.78, 5) is 47.9. The van der Waals surface area contributed by atoms with Crippen LogP contribution in [-0.2, 0) is 19.1 Å². The summed E-state index contributed by atoms with van der Waals surface area (Å²) in [6.45, 7) is 2.79. The Bertz CT molecular complexity index is 855. The highest BCUT2D eigenvalue weighted by Gasteiger charge is 2.34. The topological polar surface area (TPSA) is 131 Å². The summed E-state index contributed by atoms with van der Waals surface area (Å²) in [6, 6.07) is 4.81. The van der Waals surface area contributed by atoms with E-state index in [2.05, 4.69) is 10.6 Å². The third kappa shape index (κ3) is 6.62. The first-order valence-electron chi connectivity index (χ1n) is 9.29. The summed E-state index contributed by atoms with van der Waals surface area (Å²) >= 11 is 5.25. The maximum Gasteiger partial charge on any atom is 0.308 e. The number of carbonyl (C=O) groups excluding carboxylic acids is 3. The molecule has 0 bridgehead atoms. The van der Waals surface area contributed by atoms with Gasteiger partial charge >= 0.3 is 5.97 Å². The lowest BCUT2D eigenvalue weighted by Crippen LogP contribution is -2.60. The number of hydrogen-bond donors (Lipinski definition) is 2. The van der Waals surface area contributed by atoms with E-state index in [0.717, 1.165) is 0 Å². The molecule has 1 saturated heterocycles. The summed E-state index contributed by atoms with van der Waals surface area (Å²) in [6.07, 6.45) is 3.19. The molecule has 1 aromatic carbocycles. The van der Waals surface area contributed by atoms with Crippen LogP contribution in [0.3, 0.4) is 0 Å². The number of carbonyl (C=O) groups is 3. The Labute approximate surface area is 178 Å². The molecule has 1 heterocycles. The molecule has 2 amide bonds. The summed E-state index contributed by atoms with van der Waals surface area (Å²) in [5, 5.41) is 15.9. The zero-order valence-corrected chi connectivity index (χ0v) is 17.1. The Kier molecular flexibility index (Phi) is 8.41. The predicted octanol–water partition coefficient (Wildman–Crippen LogP) is 1.15. The number of hydrogen-bond acceptors (Lipinski definition) is 7. The summed E-state index contributed by atoms with van der Waals surface area (Å²) in [5.41, 5.74) is 0.542. The zero-order chi connectivity index (χ0) is 22.1. The Morgan fingerprint density at radius 2 is 2.10 bits per heavy atom. The van der Waals surface area contributed by atoms with Gasteiger partial charge in [-0.2, -0.15) is 0 Å². The molecule has 2 N–H and O–H groups in total. The van der Waals surface area contributed by atoms with E-state index in [1.54, 1.807) is 0 Å². The molecule has 1 fully saturated rings. The van der Waals surface area contributed by atoms with E-state index in [1.165, 1.54) is 41.3 Å². The highest BCUT2D eigenvalue weighted by Crippen LogP contribution is 2.13. The number of ether oxygens (including phenoxy) is 1. The van der Waals surface area contributed by atoms with Gasteiger partial charge in [-0.1, -0.05) is 6.92 Å². The van der Waals surface area contributed by atoms with E-state index < -0.39 is 22.8 Å². The lowest BCUT2D eigenvalue weighted by atomic mass is 10.1. The van der Waals surface area contributed by atoms with Crippen LogP contribution in [0.2, 0.25) is 0 Å². The van der Waals surface area contributed by atoms with Crippen LogP contribution in [0, 0.1) is 10.1 Å². The van der Waals surface area contributed by atoms with Crippen molar-refractivity contribution < 1.29 is 24.0 Å². The Balaban J connectivity index is 1.97. The second-order valence-corrected chi connectivity index (χ2v) is 6.79. The fourth-order valence-corrected chi connectivity index (χ4v) is 3.01. The number of amides is 2. The number of benzene rings is 1. The highest BCUT2D eigenvalue weighted by molar-refractivity contribution is 7.80. The minimum absolute atomic E-state index is 0.0245. The Morgan fingerprint density at radius 1 is 1.40 bits per heavy atom. The molecular formula is C19H22N4O6S. The number of nitrogens with zero attached hydrogens (tertiary/aromatic N) is 2. The predicted molar refractivity (Wildman–Crippen MR) is 112 cm³/mol. The van der Waals surface area contributed by atoms with Crippen LogP contribution in [0.5, 0.6) is 0 Å². The molecule has 0 spiro atoms. The van der Waals surface area contributed by atoms with Gasteiger partial charge in [0.1, 0.15) is 6.04 Å². The standard InChI is InChI=1S/C19H22N4O6S/c1-2-11-29-17(25)12-15-18(26)20-9-10-22(15)19(30)21-16(24)8-5-13-3-6-14(7-4-13)23(27)28/h3-8,15H,2,9-12H2,1H3,(H,20,26)(H,21,24,30)/b8-5+. The van der Waals surface area contributed by atoms with Crippen LogP contribution in [-0.4, -0.2) is 58.5 Å². The van der Waals surface area contributed by atoms with Gasteiger partial charge in [-0.3, -0.25) is 29.8 Å². The van der Waals surface area contributed by atoms with E-state index in [-0.39, 0.29) is 29.7 Å². The van der Waals surface area contributed by atoms with Gasteiger partial charge in [0.15, 0.2) is 5.11 Å². The van der Waals surface area contributed by atoms with Crippen LogP contribution in [0.4, 0.5) is 5.69 Å². The summed E-state index contributed by atoms with van der Waals surface area (Å²) < 4.78 is 5.03. The summed E-state index contributed by atoms with van der Waals surface area (Å²) in [5.74, 6) is -1.42. The maximum atomic E-state index is 12.2. The average Bonchev–Trinajstić information content (AvgIpc) is 2.72. The third-order valence-electron chi connectivity index (χ3n) is 4.18. The van der Waals surface area contributed by atoms with Gasteiger partial charge in [-0.05, 0) is 42.4 Å². The van der Waals surface area contributed by atoms with Crippen molar-refractivity contribution in [2.45, 2.75) is 25.8 Å². The number of nitro benzene ring substituents is 1. The molecule has 1 aromatic rings. The van der Waals surface area contributed by atoms with Crippen LogP contribution in [0.25, 0.3) is 6.08 Å². The fourth-order valence-electron chi connectivity index (χ4n) is 2.69. The fraction of sp³-hybridized carbons (Fsp3) is 0.368. The average molecular weight is 434 g/mol. The molecule has 1 aliphatic heterocycles. The maximum absolute atomic E-state index is 12.2. The lowest BCUT2D eigenvalue weighted by molar-refractivity contribution is -0.384. The molecule has 0 aromatic heterocycles. The second kappa shape index (κ2) is 11.0. The third-order valence-corrected chi connectivity index (χ3v) is 4.52. The number of non-ortho nitro benzene ring substituents is 1. The second-order valence-electron chi connectivity index (χ2n) is 6.40. The first-order valence-corrected chi connectivity index (χ1v) is 9.70. The summed E-state index contributed by atoms with van der Waals surface area (Å²) in [7, 11) is 0. The molecule has 11 heteroatoms. The van der Waals surface area contributed by atoms with E-state index in [4.69, 9.17) is 17.0 Å². The van der Waals surface area contributed by atoms with Gasteiger partial charge in [0.25, 0.3) is 5.69 Å².